The van der Waals surface area contributed by atoms with Gasteiger partial charge in [-0.15, -0.1) is 0 Å². The second kappa shape index (κ2) is 8.68. The second-order valence-corrected chi connectivity index (χ2v) is 11.9. The van der Waals surface area contributed by atoms with Gasteiger partial charge in [-0.1, -0.05) is 6.92 Å². The zero-order valence-electron chi connectivity index (χ0n) is 16.6. The fourth-order valence-corrected chi connectivity index (χ4v) is 3.91. The van der Waals surface area contributed by atoms with Gasteiger partial charge in [0.25, 0.3) is 0 Å². The van der Waals surface area contributed by atoms with Crippen LogP contribution in [0.3, 0.4) is 0 Å². The van der Waals surface area contributed by atoms with Crippen molar-refractivity contribution < 1.29 is 18.7 Å². The number of ether oxygens (including phenoxy) is 2. The molecule has 1 aliphatic heterocycles. The molecule has 0 amide bonds. The molecule has 26 heavy (non-hydrogen) atoms. The minimum atomic E-state index is -1.59. The van der Waals surface area contributed by atoms with Crippen LogP contribution in [0.25, 0.3) is 0 Å². The van der Waals surface area contributed by atoms with Gasteiger partial charge in [-0.2, -0.15) is 5.10 Å². The van der Waals surface area contributed by atoms with E-state index < -0.39 is 8.32 Å². The Morgan fingerprint density at radius 1 is 1.19 bits per heavy atom. The summed E-state index contributed by atoms with van der Waals surface area (Å²) in [5.41, 5.74) is 1.42. The molecule has 0 spiro atoms. The summed E-state index contributed by atoms with van der Waals surface area (Å²) in [5.74, 6) is 0.418. The van der Waals surface area contributed by atoms with Gasteiger partial charge in [0, 0.05) is 12.5 Å². The summed E-state index contributed by atoms with van der Waals surface area (Å²) in [7, 11) is 1.45. The van der Waals surface area contributed by atoms with Crippen LogP contribution in [0.5, 0.6) is 5.75 Å². The highest BCUT2D eigenvalue weighted by Gasteiger charge is 2.40. The molecule has 1 aliphatic rings. The van der Waals surface area contributed by atoms with Crippen LogP contribution < -0.4 is 9.75 Å². The van der Waals surface area contributed by atoms with Crippen molar-refractivity contribution in [3.05, 3.63) is 24.3 Å². The third-order valence-corrected chi connectivity index (χ3v) is 5.53. The van der Waals surface area contributed by atoms with Crippen molar-refractivity contribution in [1.29, 1.82) is 0 Å². The normalized spacial score (nSPS) is 20.1. The first-order chi connectivity index (χ1) is 12.3. The van der Waals surface area contributed by atoms with E-state index in [2.05, 4.69) is 31.7 Å². The van der Waals surface area contributed by atoms with Crippen LogP contribution in [-0.4, -0.2) is 46.9 Å². The van der Waals surface area contributed by atoms with Crippen molar-refractivity contribution >= 4 is 25.7 Å². The Labute approximate surface area is 157 Å². The number of hydrazone groups is 1. The molecule has 0 aliphatic carbocycles. The number of benzene rings is 1. The van der Waals surface area contributed by atoms with E-state index in [9.17, 15) is 4.79 Å². The number of carbonyl (C=O) groups is 1. The number of hydrogen-bond acceptors (Lipinski definition) is 6. The lowest BCUT2D eigenvalue weighted by Crippen LogP contribution is -2.36. The Bertz CT molecular complexity index is 640. The number of esters is 1. The lowest BCUT2D eigenvalue weighted by molar-refractivity contribution is -0.133. The minimum absolute atomic E-state index is 0.00842. The molecule has 7 heteroatoms. The lowest BCUT2D eigenvalue weighted by Gasteiger charge is -2.28. The maximum Gasteiger partial charge on any atom is 0.354 e. The Kier molecular flexibility index (Phi) is 6.83. The van der Waals surface area contributed by atoms with Gasteiger partial charge >= 0.3 is 5.97 Å². The van der Waals surface area contributed by atoms with Crippen LogP contribution in [0.1, 0.15) is 19.8 Å². The van der Waals surface area contributed by atoms with Gasteiger partial charge in [0.1, 0.15) is 5.75 Å². The molecule has 2 rings (SSSR count). The van der Waals surface area contributed by atoms with E-state index in [0.29, 0.717) is 12.3 Å². The Balaban J connectivity index is 2.25. The monoisotopic (exact) mass is 378 g/mol. The molecule has 2 atom stereocenters. The third kappa shape index (κ3) is 4.85. The molecule has 0 N–H and O–H groups in total. The van der Waals surface area contributed by atoms with Gasteiger partial charge in [0.2, 0.25) is 0 Å². The first-order valence-electron chi connectivity index (χ1n) is 9.04. The maximum absolute atomic E-state index is 12.3. The average molecular weight is 379 g/mol. The van der Waals surface area contributed by atoms with Crippen molar-refractivity contribution in [1.82, 2.24) is 0 Å². The molecule has 144 valence electrons. The number of nitrogens with zero attached hydrogens (tertiary/aromatic N) is 2. The van der Waals surface area contributed by atoms with E-state index in [1.165, 1.54) is 7.11 Å². The van der Waals surface area contributed by atoms with Crippen molar-refractivity contribution in [2.24, 2.45) is 11.0 Å². The SMILES string of the molecule is CC[C@H]1[C@H](CCO[Si](C)(C)C)C(C(=O)OC)=NN1c1ccc(OC)cc1. The summed E-state index contributed by atoms with van der Waals surface area (Å²) in [6.45, 7) is 9.24. The van der Waals surface area contributed by atoms with E-state index in [0.717, 1.165) is 24.3 Å². The number of hydrogen-bond donors (Lipinski definition) is 0. The van der Waals surface area contributed by atoms with Crippen LogP contribution in [0.4, 0.5) is 5.69 Å². The number of methoxy groups -OCH3 is 2. The smallest absolute Gasteiger partial charge is 0.354 e. The fourth-order valence-electron chi connectivity index (χ4n) is 3.18. The van der Waals surface area contributed by atoms with E-state index in [-0.39, 0.29) is 17.9 Å². The van der Waals surface area contributed by atoms with Crippen LogP contribution in [0.15, 0.2) is 29.4 Å². The summed E-state index contributed by atoms with van der Waals surface area (Å²) in [5, 5.41) is 6.56. The van der Waals surface area contributed by atoms with Gasteiger partial charge in [0.15, 0.2) is 14.0 Å². The fraction of sp³-hybridized carbons (Fsp3) is 0.579. The van der Waals surface area contributed by atoms with Gasteiger partial charge in [-0.25, -0.2) is 4.79 Å². The van der Waals surface area contributed by atoms with E-state index in [4.69, 9.17) is 13.9 Å². The molecule has 6 nitrogen and oxygen atoms in total. The van der Waals surface area contributed by atoms with Gasteiger partial charge in [0.05, 0.1) is 25.9 Å². The first kappa shape index (κ1) is 20.4. The molecule has 0 unspecified atom stereocenters. The summed E-state index contributed by atoms with van der Waals surface area (Å²) >= 11 is 0. The number of rotatable bonds is 8. The summed E-state index contributed by atoms with van der Waals surface area (Å²) < 4.78 is 16.2. The molecule has 1 aromatic carbocycles. The molecule has 0 saturated carbocycles. The molecule has 0 aromatic heterocycles. The topological polar surface area (TPSA) is 60.4 Å². The van der Waals surface area contributed by atoms with E-state index >= 15 is 0 Å². The predicted molar refractivity (Wildman–Crippen MR) is 106 cm³/mol. The minimum Gasteiger partial charge on any atom is -0.497 e. The van der Waals surface area contributed by atoms with Crippen molar-refractivity contribution in [2.75, 3.05) is 25.8 Å². The second-order valence-electron chi connectivity index (χ2n) is 7.35. The molecule has 0 radical (unpaired) electrons. The van der Waals surface area contributed by atoms with Crippen LogP contribution >= 0.6 is 0 Å². The quantitative estimate of drug-likeness (QED) is 0.510. The van der Waals surface area contributed by atoms with Gasteiger partial charge < -0.3 is 13.9 Å². The number of anilines is 1. The first-order valence-corrected chi connectivity index (χ1v) is 12.5. The zero-order chi connectivity index (χ0) is 19.3. The standard InChI is InChI=1S/C19H30N2O4Si/c1-7-17-16(12-13-25-26(4,5)6)18(19(22)24-3)20-21(17)14-8-10-15(23-2)11-9-14/h8-11,16-17H,7,12-13H2,1-6H3/t16-,17-/m0/s1. The Hall–Kier alpha value is -1.86. The molecule has 1 aromatic rings. The average Bonchev–Trinajstić information content (AvgIpc) is 2.98. The lowest BCUT2D eigenvalue weighted by atomic mass is 9.90. The summed E-state index contributed by atoms with van der Waals surface area (Å²) in [6, 6.07) is 7.82. The Morgan fingerprint density at radius 2 is 1.85 bits per heavy atom. The Morgan fingerprint density at radius 3 is 2.35 bits per heavy atom. The third-order valence-electron chi connectivity index (χ3n) is 4.46. The van der Waals surface area contributed by atoms with Crippen LogP contribution in [0, 0.1) is 5.92 Å². The largest absolute Gasteiger partial charge is 0.497 e. The van der Waals surface area contributed by atoms with Gasteiger partial charge in [-0.05, 0) is 56.7 Å². The number of carbonyl (C=O) groups excluding carboxylic acids is 1. The molecular formula is C19H30N2O4Si. The highest BCUT2D eigenvalue weighted by Crippen LogP contribution is 2.33. The van der Waals surface area contributed by atoms with Crippen LogP contribution in [-0.2, 0) is 14.0 Å². The molecule has 0 saturated heterocycles. The molecular weight excluding hydrogens is 348 g/mol. The highest BCUT2D eigenvalue weighted by atomic mass is 28.4. The molecule has 0 fully saturated rings. The summed E-state index contributed by atoms with van der Waals surface area (Å²) in [4.78, 5) is 12.3. The molecule has 1 heterocycles. The van der Waals surface area contributed by atoms with E-state index in [1.54, 1.807) is 7.11 Å². The van der Waals surface area contributed by atoms with Crippen molar-refractivity contribution in [3.8, 4) is 5.75 Å². The zero-order valence-corrected chi connectivity index (χ0v) is 17.6. The van der Waals surface area contributed by atoms with E-state index in [1.807, 2.05) is 29.3 Å². The van der Waals surface area contributed by atoms with Crippen molar-refractivity contribution in [3.63, 3.8) is 0 Å². The van der Waals surface area contributed by atoms with Crippen LogP contribution in [0.2, 0.25) is 19.6 Å². The highest BCUT2D eigenvalue weighted by molar-refractivity contribution is 6.69. The van der Waals surface area contributed by atoms with Crippen molar-refractivity contribution in [2.45, 2.75) is 45.4 Å². The van der Waals surface area contributed by atoms with Gasteiger partial charge in [-0.3, -0.25) is 5.01 Å². The maximum atomic E-state index is 12.3. The molecule has 0 bridgehead atoms. The summed E-state index contributed by atoms with van der Waals surface area (Å²) in [6.07, 6.45) is 1.62. The predicted octanol–water partition coefficient (Wildman–Crippen LogP) is 3.68.